The molecule has 3 heteroatoms. The van der Waals surface area contributed by atoms with Crippen molar-refractivity contribution in [1.82, 2.24) is 4.98 Å². The Morgan fingerprint density at radius 1 is 0.548 bits per heavy atom. The van der Waals surface area contributed by atoms with Crippen LogP contribution in [0.15, 0.2) is 84.9 Å². The first-order valence-electron chi connectivity index (χ1n) is 10.2. The van der Waals surface area contributed by atoms with E-state index in [2.05, 4.69) is 35.3 Å². The molecule has 0 spiro atoms. The van der Waals surface area contributed by atoms with Crippen molar-refractivity contribution >= 4 is 55.9 Å². The third-order valence-electron chi connectivity index (χ3n) is 6.16. The molecule has 0 radical (unpaired) electrons. The smallest absolute Gasteiger partial charge is 0.152 e. The van der Waals surface area contributed by atoms with E-state index in [9.17, 15) is 9.59 Å². The number of rotatable bonds is 3. The van der Waals surface area contributed by atoms with Gasteiger partial charge < -0.3 is 4.98 Å². The number of para-hydroxylation sites is 1. The zero-order valence-corrected chi connectivity index (χ0v) is 16.6. The van der Waals surface area contributed by atoms with Gasteiger partial charge in [-0.05, 0) is 56.9 Å². The summed E-state index contributed by atoms with van der Waals surface area (Å²) < 4.78 is 0. The predicted molar refractivity (Wildman–Crippen MR) is 127 cm³/mol. The number of nitrogens with one attached hydrogen (secondary N) is 1. The van der Waals surface area contributed by atoms with Crippen LogP contribution in [-0.4, -0.2) is 17.6 Å². The molecule has 1 heterocycles. The Balaban J connectivity index is 1.78. The van der Waals surface area contributed by atoms with Gasteiger partial charge in [0.2, 0.25) is 0 Å². The number of carbonyl (C=O) groups is 2. The van der Waals surface area contributed by atoms with E-state index >= 15 is 0 Å². The summed E-state index contributed by atoms with van der Waals surface area (Å²) >= 11 is 0. The van der Waals surface area contributed by atoms with E-state index in [-0.39, 0.29) is 0 Å². The lowest BCUT2D eigenvalue weighted by atomic mass is 9.90. The Hall–Kier alpha value is -4.24. The van der Waals surface area contributed by atoms with Gasteiger partial charge in [-0.2, -0.15) is 0 Å². The summed E-state index contributed by atoms with van der Waals surface area (Å²) in [5, 5.41) is 6.43. The summed E-state index contributed by atoms with van der Waals surface area (Å²) in [5.41, 5.74) is 4.17. The second kappa shape index (κ2) is 6.64. The number of aldehydes is 2. The highest BCUT2D eigenvalue weighted by Crippen LogP contribution is 2.38. The summed E-state index contributed by atoms with van der Waals surface area (Å²) in [4.78, 5) is 27.7. The molecule has 0 saturated carbocycles. The molecule has 0 unspecified atom stereocenters. The zero-order valence-electron chi connectivity index (χ0n) is 16.6. The van der Waals surface area contributed by atoms with E-state index < -0.39 is 0 Å². The maximum Gasteiger partial charge on any atom is 0.152 e. The van der Waals surface area contributed by atoms with Gasteiger partial charge in [0.1, 0.15) is 0 Å². The van der Waals surface area contributed by atoms with Crippen molar-refractivity contribution in [2.24, 2.45) is 0 Å². The third-order valence-corrected chi connectivity index (χ3v) is 6.16. The molecule has 5 aromatic carbocycles. The van der Waals surface area contributed by atoms with E-state index in [4.69, 9.17) is 0 Å². The van der Waals surface area contributed by atoms with E-state index in [1.807, 2.05) is 54.6 Å². The van der Waals surface area contributed by atoms with Crippen LogP contribution in [0, 0.1) is 0 Å². The average Bonchev–Trinajstić information content (AvgIpc) is 3.19. The summed E-state index contributed by atoms with van der Waals surface area (Å²) in [5.74, 6) is 0. The monoisotopic (exact) mass is 399 g/mol. The summed E-state index contributed by atoms with van der Waals surface area (Å²) in [6.45, 7) is 0. The quantitative estimate of drug-likeness (QED) is 0.259. The Labute approximate surface area is 177 Å². The molecule has 31 heavy (non-hydrogen) atoms. The van der Waals surface area contributed by atoms with Gasteiger partial charge in [-0.15, -0.1) is 0 Å². The van der Waals surface area contributed by atoms with Crippen LogP contribution in [0.3, 0.4) is 0 Å². The van der Waals surface area contributed by atoms with Crippen molar-refractivity contribution in [3.05, 3.63) is 96.1 Å². The van der Waals surface area contributed by atoms with Crippen LogP contribution in [0.25, 0.3) is 54.5 Å². The van der Waals surface area contributed by atoms with Crippen molar-refractivity contribution < 1.29 is 9.59 Å². The van der Waals surface area contributed by atoms with Crippen molar-refractivity contribution in [2.45, 2.75) is 0 Å². The fourth-order valence-electron chi connectivity index (χ4n) is 4.70. The molecule has 3 nitrogen and oxygen atoms in total. The van der Waals surface area contributed by atoms with E-state index in [0.717, 1.165) is 56.1 Å². The zero-order chi connectivity index (χ0) is 20.9. The van der Waals surface area contributed by atoms with Gasteiger partial charge in [-0.3, -0.25) is 9.59 Å². The summed E-state index contributed by atoms with van der Waals surface area (Å²) in [6.07, 6.45) is 1.58. The first-order valence-corrected chi connectivity index (χ1v) is 10.2. The minimum atomic E-state index is 0.400. The van der Waals surface area contributed by atoms with Gasteiger partial charge in [-0.25, -0.2) is 0 Å². The molecule has 1 N–H and O–H groups in total. The number of aromatic amines is 1. The van der Waals surface area contributed by atoms with Gasteiger partial charge in [0.05, 0.1) is 5.52 Å². The Bertz CT molecular complexity index is 1670. The second-order valence-corrected chi connectivity index (χ2v) is 7.81. The topological polar surface area (TPSA) is 49.9 Å². The molecular formula is C28H17NO2. The molecule has 0 bridgehead atoms. The SMILES string of the molecule is O=Cc1c(-c2cccc3cc4ccccc4cc23)cc2c([nH]c3ccccc32)c1C=O. The molecule has 146 valence electrons. The van der Waals surface area contributed by atoms with Gasteiger partial charge in [0.25, 0.3) is 0 Å². The average molecular weight is 399 g/mol. The molecule has 0 aliphatic carbocycles. The van der Waals surface area contributed by atoms with E-state index in [0.29, 0.717) is 16.6 Å². The second-order valence-electron chi connectivity index (χ2n) is 7.81. The molecule has 0 atom stereocenters. The molecule has 0 fully saturated rings. The third kappa shape index (κ3) is 2.53. The minimum absolute atomic E-state index is 0.400. The number of aromatic nitrogens is 1. The van der Waals surface area contributed by atoms with Crippen LogP contribution < -0.4 is 0 Å². The molecule has 1 aromatic heterocycles. The number of hydrogen-bond acceptors (Lipinski definition) is 2. The minimum Gasteiger partial charge on any atom is -0.354 e. The normalized spacial score (nSPS) is 11.5. The lowest BCUT2D eigenvalue weighted by Gasteiger charge is -2.13. The molecular weight excluding hydrogens is 382 g/mol. The Morgan fingerprint density at radius 3 is 2.06 bits per heavy atom. The highest BCUT2D eigenvalue weighted by molar-refractivity contribution is 6.18. The van der Waals surface area contributed by atoms with Gasteiger partial charge in [0, 0.05) is 27.4 Å². The first-order chi connectivity index (χ1) is 15.3. The van der Waals surface area contributed by atoms with Crippen molar-refractivity contribution in [3.8, 4) is 11.1 Å². The van der Waals surface area contributed by atoms with Gasteiger partial charge in [0.15, 0.2) is 12.6 Å². The lowest BCUT2D eigenvalue weighted by Crippen LogP contribution is -1.97. The maximum absolute atomic E-state index is 12.2. The molecule has 0 saturated heterocycles. The standard InChI is InChI=1S/C28H17NO2/c30-15-25-23(14-24-21-9-3-4-11-27(21)29-28(24)26(25)16-31)20-10-5-8-19-12-17-6-1-2-7-18(17)13-22(19)20/h1-16,29H. The Morgan fingerprint density at radius 2 is 1.26 bits per heavy atom. The van der Waals surface area contributed by atoms with E-state index in [1.54, 1.807) is 0 Å². The van der Waals surface area contributed by atoms with E-state index in [1.165, 1.54) is 5.39 Å². The molecule has 6 aromatic rings. The predicted octanol–water partition coefficient (Wildman–Crippen LogP) is 6.92. The number of fused-ring (bicyclic) bond motifs is 5. The molecule has 0 aliphatic rings. The summed E-state index contributed by atoms with van der Waals surface area (Å²) in [7, 11) is 0. The molecule has 0 amide bonds. The number of hydrogen-bond donors (Lipinski definition) is 1. The first kappa shape index (κ1) is 17.6. The van der Waals surface area contributed by atoms with Crippen LogP contribution in [0.4, 0.5) is 0 Å². The van der Waals surface area contributed by atoms with Crippen LogP contribution in [-0.2, 0) is 0 Å². The highest BCUT2D eigenvalue weighted by Gasteiger charge is 2.18. The van der Waals surface area contributed by atoms with Crippen LogP contribution in [0.1, 0.15) is 20.7 Å². The fraction of sp³-hybridized carbons (Fsp3) is 0. The summed E-state index contributed by atoms with van der Waals surface area (Å²) in [6, 6.07) is 28.7. The number of carbonyl (C=O) groups excluding carboxylic acids is 2. The van der Waals surface area contributed by atoms with Gasteiger partial charge >= 0.3 is 0 Å². The number of H-pyrrole nitrogens is 1. The molecule has 6 rings (SSSR count). The lowest BCUT2D eigenvalue weighted by molar-refractivity contribution is 0.109. The van der Waals surface area contributed by atoms with Crippen molar-refractivity contribution in [3.63, 3.8) is 0 Å². The maximum atomic E-state index is 12.2. The van der Waals surface area contributed by atoms with Crippen molar-refractivity contribution in [1.29, 1.82) is 0 Å². The van der Waals surface area contributed by atoms with Crippen LogP contribution >= 0.6 is 0 Å². The van der Waals surface area contributed by atoms with Crippen molar-refractivity contribution in [2.75, 3.05) is 0 Å². The van der Waals surface area contributed by atoms with Crippen LogP contribution in [0.2, 0.25) is 0 Å². The van der Waals surface area contributed by atoms with Gasteiger partial charge in [-0.1, -0.05) is 60.7 Å². The highest BCUT2D eigenvalue weighted by atomic mass is 16.1. The number of benzene rings is 5. The Kier molecular flexibility index (Phi) is 3.77. The largest absolute Gasteiger partial charge is 0.354 e. The van der Waals surface area contributed by atoms with Crippen LogP contribution in [0.5, 0.6) is 0 Å². The molecule has 0 aliphatic heterocycles. The fourth-order valence-corrected chi connectivity index (χ4v) is 4.70.